The first-order chi connectivity index (χ1) is 8.66. The third-order valence-corrected chi connectivity index (χ3v) is 5.33. The van der Waals surface area contributed by atoms with Gasteiger partial charge in [-0.15, -0.1) is 0 Å². The van der Waals surface area contributed by atoms with Crippen molar-refractivity contribution in [1.82, 2.24) is 9.62 Å². The van der Waals surface area contributed by atoms with E-state index in [2.05, 4.69) is 4.72 Å². The summed E-state index contributed by atoms with van der Waals surface area (Å²) in [5.41, 5.74) is 1.11. The Morgan fingerprint density at radius 1 is 1.26 bits per heavy atom. The number of aryl methyl sites for hydroxylation is 1. The summed E-state index contributed by atoms with van der Waals surface area (Å²) in [6.07, 6.45) is 0. The van der Waals surface area contributed by atoms with Gasteiger partial charge in [-0.3, -0.25) is 0 Å². The zero-order chi connectivity index (χ0) is 14.8. The molecule has 0 radical (unpaired) electrons. The minimum Gasteiger partial charge on any atom is -0.308 e. The van der Waals surface area contributed by atoms with E-state index in [1.54, 1.807) is 19.9 Å². The summed E-state index contributed by atoms with van der Waals surface area (Å²) in [5.74, 6) is 0. The highest BCUT2D eigenvalue weighted by atomic mass is 35.5. The van der Waals surface area contributed by atoms with Crippen LogP contribution in [-0.4, -0.2) is 40.5 Å². The minimum absolute atomic E-state index is 0.0675. The largest absolute Gasteiger partial charge is 0.308 e. The molecule has 0 fully saturated rings. The maximum absolute atomic E-state index is 12.3. The Hall–Kier alpha value is -0.330. The van der Waals surface area contributed by atoms with Crippen molar-refractivity contribution in [2.75, 3.05) is 27.2 Å². The van der Waals surface area contributed by atoms with E-state index in [0.29, 0.717) is 29.2 Å². The summed E-state index contributed by atoms with van der Waals surface area (Å²) >= 11 is 12.1. The second-order valence-corrected chi connectivity index (χ2v) is 7.13. The highest BCUT2D eigenvalue weighted by Gasteiger charge is 2.23. The van der Waals surface area contributed by atoms with Crippen molar-refractivity contribution in [1.29, 1.82) is 0 Å². The number of halogens is 2. The Morgan fingerprint density at radius 2 is 1.84 bits per heavy atom. The van der Waals surface area contributed by atoms with Crippen LogP contribution in [0.25, 0.3) is 0 Å². The zero-order valence-electron chi connectivity index (χ0n) is 11.4. The van der Waals surface area contributed by atoms with E-state index in [1.807, 2.05) is 19.0 Å². The third kappa shape index (κ3) is 4.07. The number of sulfonamides is 1. The molecule has 0 saturated carbocycles. The SMILES string of the molecule is Cc1cc(Cl)c(C)c(S(=O)(=O)NCCN(C)C)c1Cl. The molecule has 1 aromatic carbocycles. The van der Waals surface area contributed by atoms with Crippen LogP contribution in [0.1, 0.15) is 11.1 Å². The molecule has 108 valence electrons. The maximum Gasteiger partial charge on any atom is 0.242 e. The van der Waals surface area contributed by atoms with E-state index >= 15 is 0 Å². The number of likely N-dealkylation sites (N-methyl/N-ethyl adjacent to an activating group) is 1. The first-order valence-corrected chi connectivity index (χ1v) is 8.00. The lowest BCUT2D eigenvalue weighted by Gasteiger charge is -2.15. The number of nitrogens with zero attached hydrogens (tertiary/aromatic N) is 1. The monoisotopic (exact) mass is 324 g/mol. The second-order valence-electron chi connectivity index (χ2n) is 4.64. The Balaban J connectivity index is 3.15. The van der Waals surface area contributed by atoms with E-state index in [9.17, 15) is 8.42 Å². The van der Waals surface area contributed by atoms with Gasteiger partial charge >= 0.3 is 0 Å². The molecule has 0 bridgehead atoms. The van der Waals surface area contributed by atoms with Gasteiger partial charge in [0.25, 0.3) is 0 Å². The Kier molecular flexibility index (Phi) is 5.65. The average Bonchev–Trinajstić information content (AvgIpc) is 2.25. The first-order valence-electron chi connectivity index (χ1n) is 5.76. The van der Waals surface area contributed by atoms with Crippen LogP contribution < -0.4 is 4.72 Å². The number of benzene rings is 1. The number of nitrogens with one attached hydrogen (secondary N) is 1. The lowest BCUT2D eigenvalue weighted by molar-refractivity contribution is 0.412. The highest BCUT2D eigenvalue weighted by molar-refractivity contribution is 7.89. The molecule has 0 aliphatic heterocycles. The summed E-state index contributed by atoms with van der Waals surface area (Å²) in [4.78, 5) is 1.96. The number of rotatable bonds is 5. The van der Waals surface area contributed by atoms with Gasteiger partial charge in [-0.1, -0.05) is 23.2 Å². The predicted octanol–water partition coefficient (Wildman–Crippen LogP) is 2.45. The van der Waals surface area contributed by atoms with Crippen molar-refractivity contribution in [2.45, 2.75) is 18.7 Å². The normalized spacial score (nSPS) is 12.2. The fraction of sp³-hybridized carbons (Fsp3) is 0.500. The molecule has 7 heteroatoms. The van der Waals surface area contributed by atoms with Gasteiger partial charge in [0.1, 0.15) is 4.90 Å². The van der Waals surface area contributed by atoms with Gasteiger partial charge in [0.2, 0.25) is 10.0 Å². The van der Waals surface area contributed by atoms with Crippen LogP contribution in [0, 0.1) is 13.8 Å². The van der Waals surface area contributed by atoms with E-state index in [1.165, 1.54) is 0 Å². The predicted molar refractivity (Wildman–Crippen MR) is 79.7 cm³/mol. The number of hydrogen-bond donors (Lipinski definition) is 1. The van der Waals surface area contributed by atoms with Gasteiger partial charge in [0.15, 0.2) is 0 Å². The molecule has 0 saturated heterocycles. The lowest BCUT2D eigenvalue weighted by Crippen LogP contribution is -2.32. The van der Waals surface area contributed by atoms with Gasteiger partial charge < -0.3 is 4.90 Å². The fourth-order valence-electron chi connectivity index (χ4n) is 1.61. The Labute approximate surface area is 124 Å². The van der Waals surface area contributed by atoms with Crippen LogP contribution in [0.5, 0.6) is 0 Å². The molecule has 0 spiro atoms. The van der Waals surface area contributed by atoms with Crippen molar-refractivity contribution in [3.63, 3.8) is 0 Å². The molecule has 0 aliphatic carbocycles. The van der Waals surface area contributed by atoms with E-state index in [0.717, 1.165) is 0 Å². The quantitative estimate of drug-likeness (QED) is 0.905. The molecule has 0 amide bonds. The molecule has 0 aliphatic rings. The van der Waals surface area contributed by atoms with Crippen molar-refractivity contribution in [3.8, 4) is 0 Å². The van der Waals surface area contributed by atoms with Gasteiger partial charge in [-0.25, -0.2) is 13.1 Å². The van der Waals surface area contributed by atoms with Crippen LogP contribution >= 0.6 is 23.2 Å². The van der Waals surface area contributed by atoms with Crippen molar-refractivity contribution >= 4 is 33.2 Å². The molecule has 1 N–H and O–H groups in total. The molecule has 0 aromatic heterocycles. The summed E-state index contributed by atoms with van der Waals surface area (Å²) in [6, 6.07) is 1.66. The molecular formula is C12H18Cl2N2O2S. The highest BCUT2D eigenvalue weighted by Crippen LogP contribution is 2.33. The third-order valence-electron chi connectivity index (χ3n) is 2.71. The smallest absolute Gasteiger partial charge is 0.242 e. The zero-order valence-corrected chi connectivity index (χ0v) is 13.7. The van der Waals surface area contributed by atoms with Gasteiger partial charge in [-0.2, -0.15) is 0 Å². The van der Waals surface area contributed by atoms with Crippen molar-refractivity contribution in [2.24, 2.45) is 0 Å². The summed E-state index contributed by atoms with van der Waals surface area (Å²) < 4.78 is 27.1. The molecule has 19 heavy (non-hydrogen) atoms. The summed E-state index contributed by atoms with van der Waals surface area (Å²) in [5, 5.41) is 0.620. The Bertz CT molecular complexity index is 545. The van der Waals surface area contributed by atoms with Crippen LogP contribution in [0.15, 0.2) is 11.0 Å². The molecule has 0 atom stereocenters. The molecule has 1 aromatic rings. The van der Waals surface area contributed by atoms with Crippen molar-refractivity contribution in [3.05, 3.63) is 27.2 Å². The standard InChI is InChI=1S/C12H18Cl2N2O2S/c1-8-7-10(13)9(2)12(11(8)14)19(17,18)15-5-6-16(3)4/h7,15H,5-6H2,1-4H3. The molecule has 4 nitrogen and oxygen atoms in total. The first kappa shape index (κ1) is 16.7. The average molecular weight is 325 g/mol. The molecule has 0 unspecified atom stereocenters. The van der Waals surface area contributed by atoms with Crippen LogP contribution in [0.2, 0.25) is 10.0 Å². The Morgan fingerprint density at radius 3 is 2.37 bits per heavy atom. The molecular weight excluding hydrogens is 307 g/mol. The van der Waals surface area contributed by atoms with Gasteiger partial charge in [-0.05, 0) is 45.1 Å². The molecule has 1 rings (SSSR count). The lowest BCUT2D eigenvalue weighted by atomic mass is 10.2. The minimum atomic E-state index is -3.66. The topological polar surface area (TPSA) is 49.4 Å². The van der Waals surface area contributed by atoms with E-state index in [4.69, 9.17) is 23.2 Å². The van der Waals surface area contributed by atoms with Crippen LogP contribution in [-0.2, 0) is 10.0 Å². The van der Waals surface area contributed by atoms with Crippen LogP contribution in [0.3, 0.4) is 0 Å². The summed E-state index contributed by atoms with van der Waals surface area (Å²) in [6.45, 7) is 4.30. The van der Waals surface area contributed by atoms with Gasteiger partial charge in [0, 0.05) is 18.1 Å². The van der Waals surface area contributed by atoms with E-state index in [-0.39, 0.29) is 9.92 Å². The maximum atomic E-state index is 12.3. The van der Waals surface area contributed by atoms with Crippen LogP contribution in [0.4, 0.5) is 0 Å². The second kappa shape index (κ2) is 6.41. The fourth-order valence-corrected chi connectivity index (χ4v) is 3.84. The van der Waals surface area contributed by atoms with Crippen molar-refractivity contribution < 1.29 is 8.42 Å². The summed E-state index contributed by atoms with van der Waals surface area (Å²) in [7, 11) is 0.0868. The van der Waals surface area contributed by atoms with E-state index < -0.39 is 10.0 Å². The number of hydrogen-bond acceptors (Lipinski definition) is 3. The molecule has 0 heterocycles. The van der Waals surface area contributed by atoms with Gasteiger partial charge in [0.05, 0.1) is 5.02 Å².